The number of aliphatic hydroxyl groups excluding tert-OH is 1. The SMILES string of the molecule is C=CCNC.CC.CC.CC=N.CCC.CCCB(CCC)c1ccc(CC)cc1.C[C@H](O)Cn1ncn(C)c1=O.Cc1ccccc1.Fc1ccc([C@H]2CCCO2)c(F)c1. The zero-order chi connectivity index (χ0) is 47.4. The van der Waals surface area contributed by atoms with Crippen molar-refractivity contribution < 1.29 is 18.6 Å². The van der Waals surface area contributed by atoms with Gasteiger partial charge in [-0.05, 0) is 64.9 Å². The van der Waals surface area contributed by atoms with Crippen LogP contribution in [0.25, 0.3) is 0 Å². The first kappa shape index (κ1) is 63.5. The number of hydrogen-bond acceptors (Lipinski definition) is 6. The van der Waals surface area contributed by atoms with Gasteiger partial charge in [0.25, 0.3) is 0 Å². The number of aryl methyl sites for hydroxylation is 3. The third kappa shape index (κ3) is 34.1. The molecule has 1 aliphatic rings. The Balaban J connectivity index is -0.000000325. The van der Waals surface area contributed by atoms with Crippen molar-refractivity contribution in [2.24, 2.45) is 7.05 Å². The molecule has 61 heavy (non-hydrogen) atoms. The van der Waals surface area contributed by atoms with Crippen LogP contribution in [0, 0.1) is 24.0 Å². The maximum Gasteiger partial charge on any atom is 0.345 e. The molecule has 0 amide bonds. The van der Waals surface area contributed by atoms with E-state index >= 15 is 0 Å². The fourth-order valence-electron chi connectivity index (χ4n) is 5.26. The molecule has 346 valence electrons. The summed E-state index contributed by atoms with van der Waals surface area (Å²) in [7, 11) is 3.51. The molecule has 5 rings (SSSR count). The second-order valence-electron chi connectivity index (χ2n) is 13.6. The van der Waals surface area contributed by atoms with Crippen LogP contribution in [0.5, 0.6) is 0 Å². The van der Waals surface area contributed by atoms with Gasteiger partial charge in [-0.25, -0.2) is 18.3 Å². The summed E-state index contributed by atoms with van der Waals surface area (Å²) in [6.45, 7) is 30.5. The molecular weight excluding hydrogens is 767 g/mol. The van der Waals surface area contributed by atoms with Crippen molar-refractivity contribution in [2.45, 2.75) is 153 Å². The van der Waals surface area contributed by atoms with Crippen molar-refractivity contribution >= 4 is 18.4 Å². The lowest BCUT2D eigenvalue weighted by Crippen LogP contribution is -2.29. The zero-order valence-corrected chi connectivity index (χ0v) is 40.7. The van der Waals surface area contributed by atoms with Crippen LogP contribution in [-0.4, -0.2) is 58.7 Å². The van der Waals surface area contributed by atoms with Gasteiger partial charge in [0.15, 0.2) is 6.71 Å². The molecule has 0 aliphatic carbocycles. The van der Waals surface area contributed by atoms with Crippen molar-refractivity contribution in [3.63, 3.8) is 0 Å². The number of benzene rings is 3. The van der Waals surface area contributed by atoms with Crippen molar-refractivity contribution in [3.05, 3.63) is 131 Å². The van der Waals surface area contributed by atoms with Gasteiger partial charge in [0.05, 0.1) is 18.8 Å². The standard InChI is InChI=1S/C14H23B.C10H10F2O.C7H8.C6H11N3O2.C4H9N.C3H8.C2H5N.2C2H6/c1-4-11-15(12-5-2)14-9-7-13(6-3)8-10-14;11-7-3-4-8(9(12)6-7)10-2-1-5-13-10;1-7-5-3-2-4-6-7;1-5(10)3-9-6(11)8(2)4-7-9;1-3-4-5-2;1-3-2;1-2-3;2*1-2/h7-10H,4-6,11-12H2,1-3H3;3-4,6,10H,1-2,5H2;2-6H,1H3;4-5,10H,3H2,1-2H3;3,5H,1,4H2,2H3;3H2,1-2H3;2-3H,1H3;2*1-2H3/t;10-;;5-;;;;;/m.1.0...../s1. The van der Waals surface area contributed by atoms with Gasteiger partial charge in [-0.15, -0.1) is 6.58 Å². The molecule has 8 nitrogen and oxygen atoms in total. The van der Waals surface area contributed by atoms with Crippen molar-refractivity contribution in [2.75, 3.05) is 20.2 Å². The quantitative estimate of drug-likeness (QED) is 0.0792. The van der Waals surface area contributed by atoms with E-state index in [0.717, 1.165) is 38.6 Å². The van der Waals surface area contributed by atoms with E-state index in [9.17, 15) is 13.6 Å². The molecular formula is C50H86BF2N5O3. The molecule has 1 fully saturated rings. The van der Waals surface area contributed by atoms with E-state index in [1.165, 1.54) is 82.4 Å². The van der Waals surface area contributed by atoms with Gasteiger partial charge in [0, 0.05) is 31.8 Å². The Labute approximate surface area is 371 Å². The summed E-state index contributed by atoms with van der Waals surface area (Å²) in [5.41, 5.74) is 4.58. The third-order valence-electron chi connectivity index (χ3n) is 7.99. The average Bonchev–Trinajstić information content (AvgIpc) is 3.91. The minimum Gasteiger partial charge on any atom is -0.391 e. The summed E-state index contributed by atoms with van der Waals surface area (Å²) in [5, 5.41) is 21.7. The second-order valence-corrected chi connectivity index (χ2v) is 13.6. The summed E-state index contributed by atoms with van der Waals surface area (Å²) in [4.78, 5) is 11.1. The normalized spacial score (nSPS) is 12.0. The Bertz CT molecular complexity index is 1590. The Kier molecular flexibility index (Phi) is 47.2. The summed E-state index contributed by atoms with van der Waals surface area (Å²) in [6, 6.07) is 23.1. The summed E-state index contributed by atoms with van der Waals surface area (Å²) >= 11 is 0. The first-order valence-electron chi connectivity index (χ1n) is 22.5. The minimum atomic E-state index is -0.542. The van der Waals surface area contributed by atoms with Crippen molar-refractivity contribution in [1.82, 2.24) is 19.7 Å². The van der Waals surface area contributed by atoms with Crippen LogP contribution in [0.15, 0.2) is 96.6 Å². The first-order valence-corrected chi connectivity index (χ1v) is 22.5. The van der Waals surface area contributed by atoms with Crippen LogP contribution in [0.1, 0.15) is 131 Å². The van der Waals surface area contributed by atoms with E-state index in [4.69, 9.17) is 15.3 Å². The van der Waals surface area contributed by atoms with E-state index in [-0.39, 0.29) is 18.3 Å². The molecule has 1 aliphatic heterocycles. The van der Waals surface area contributed by atoms with E-state index < -0.39 is 17.7 Å². The lowest BCUT2D eigenvalue weighted by atomic mass is 9.40. The molecule has 1 aromatic heterocycles. The van der Waals surface area contributed by atoms with E-state index in [2.05, 4.69) is 94.9 Å². The van der Waals surface area contributed by atoms with Gasteiger partial charge in [-0.3, -0.25) is 4.57 Å². The highest BCUT2D eigenvalue weighted by Crippen LogP contribution is 2.30. The number of likely N-dealkylation sites (N-methyl/N-ethyl adjacent to an activating group) is 1. The number of hydrogen-bond donors (Lipinski definition) is 3. The number of ether oxygens (including phenoxy) is 1. The van der Waals surface area contributed by atoms with Crippen LogP contribution < -0.4 is 16.5 Å². The highest BCUT2D eigenvalue weighted by Gasteiger charge is 2.21. The number of aromatic nitrogens is 3. The van der Waals surface area contributed by atoms with Gasteiger partial charge in [0.2, 0.25) is 0 Å². The topological polar surface area (TPSA) is 105 Å². The highest BCUT2D eigenvalue weighted by atomic mass is 19.1. The molecule has 0 unspecified atom stereocenters. The summed E-state index contributed by atoms with van der Waals surface area (Å²) in [6.07, 6.45) is 13.2. The van der Waals surface area contributed by atoms with Gasteiger partial charge >= 0.3 is 5.69 Å². The van der Waals surface area contributed by atoms with Crippen LogP contribution in [0.3, 0.4) is 0 Å². The molecule has 0 saturated carbocycles. The highest BCUT2D eigenvalue weighted by molar-refractivity contribution is 6.73. The van der Waals surface area contributed by atoms with Crippen LogP contribution >= 0.6 is 0 Å². The number of rotatable bonds is 11. The molecule has 0 bridgehead atoms. The third-order valence-corrected chi connectivity index (χ3v) is 7.99. The lowest BCUT2D eigenvalue weighted by Gasteiger charge is -2.12. The zero-order valence-electron chi connectivity index (χ0n) is 40.7. The predicted octanol–water partition coefficient (Wildman–Crippen LogP) is 12.1. The Morgan fingerprint density at radius 1 is 0.984 bits per heavy atom. The smallest absolute Gasteiger partial charge is 0.345 e. The monoisotopic (exact) mass is 854 g/mol. The first-order chi connectivity index (χ1) is 29.3. The largest absolute Gasteiger partial charge is 0.391 e. The number of nitrogens with one attached hydrogen (secondary N) is 2. The van der Waals surface area contributed by atoms with Gasteiger partial charge in [0.1, 0.15) is 18.0 Å². The maximum atomic E-state index is 13.2. The fourth-order valence-corrected chi connectivity index (χ4v) is 5.26. The summed E-state index contributed by atoms with van der Waals surface area (Å²) < 4.78 is 33.6. The number of nitrogens with zero attached hydrogens (tertiary/aromatic N) is 3. The predicted molar refractivity (Wildman–Crippen MR) is 263 cm³/mol. The second kappa shape index (κ2) is 45.3. The van der Waals surface area contributed by atoms with Gasteiger partial charge in [-0.1, -0.05) is 172 Å². The van der Waals surface area contributed by atoms with Crippen molar-refractivity contribution in [3.8, 4) is 0 Å². The molecule has 2 atom stereocenters. The van der Waals surface area contributed by atoms with Crippen LogP contribution in [-0.2, 0) is 24.8 Å². The Morgan fingerprint density at radius 2 is 1.52 bits per heavy atom. The number of halogens is 2. The Hall–Kier alpha value is -4.19. The van der Waals surface area contributed by atoms with E-state index in [1.54, 1.807) is 20.9 Å². The number of aliphatic hydroxyl groups is 1. The van der Waals surface area contributed by atoms with Crippen molar-refractivity contribution in [1.29, 1.82) is 5.41 Å². The Morgan fingerprint density at radius 3 is 1.85 bits per heavy atom. The molecule has 0 radical (unpaired) electrons. The minimum absolute atomic E-state index is 0.180. The molecule has 3 N–H and O–H groups in total. The van der Waals surface area contributed by atoms with Crippen LogP contribution in [0.4, 0.5) is 8.78 Å². The van der Waals surface area contributed by atoms with E-state index in [0.29, 0.717) is 12.2 Å². The molecule has 1 saturated heterocycles. The molecule has 3 aromatic carbocycles. The fraction of sp³-hybridized carbons (Fsp3) is 0.540. The molecule has 4 aromatic rings. The van der Waals surface area contributed by atoms with E-state index in [1.807, 2.05) is 59.0 Å². The van der Waals surface area contributed by atoms with Crippen LogP contribution in [0.2, 0.25) is 12.6 Å². The molecule has 11 heteroatoms. The maximum absolute atomic E-state index is 13.2. The van der Waals surface area contributed by atoms with Gasteiger partial charge < -0.3 is 20.6 Å². The molecule has 0 spiro atoms. The average molecular weight is 854 g/mol. The lowest BCUT2D eigenvalue weighted by molar-refractivity contribution is 0.109. The molecule has 2 heterocycles. The summed E-state index contributed by atoms with van der Waals surface area (Å²) in [5.74, 6) is -1.05. The van der Waals surface area contributed by atoms with Gasteiger partial charge in [-0.2, -0.15) is 5.10 Å².